The Kier molecular flexibility index (Phi) is 1.85. The van der Waals surface area contributed by atoms with E-state index in [9.17, 15) is 0 Å². The normalized spacial score (nSPS) is 9.92. The van der Waals surface area contributed by atoms with Gasteiger partial charge in [-0.1, -0.05) is 5.16 Å². The van der Waals surface area contributed by atoms with Gasteiger partial charge in [-0.2, -0.15) is 4.98 Å². The molecule has 0 saturated carbocycles. The average Bonchev–Trinajstić information content (AvgIpc) is 2.67. The van der Waals surface area contributed by atoms with Gasteiger partial charge in [0, 0.05) is 6.20 Å². The lowest BCUT2D eigenvalue weighted by Crippen LogP contribution is -2.06. The minimum absolute atomic E-state index is 0.147. The highest BCUT2D eigenvalue weighted by molar-refractivity contribution is 5.48. The number of hydrogen-bond acceptors (Lipinski definition) is 7. The lowest BCUT2D eigenvalue weighted by molar-refractivity contribution is 0.432. The largest absolute Gasteiger partial charge is 0.335 e. The van der Waals surface area contributed by atoms with Crippen LogP contribution in [0.15, 0.2) is 23.1 Å². The fourth-order valence-corrected chi connectivity index (χ4v) is 0.809. The Morgan fingerprint density at radius 2 is 2.38 bits per heavy atom. The second-order valence-corrected chi connectivity index (χ2v) is 2.16. The molecular formula is C6H6N6O. The van der Waals surface area contributed by atoms with Gasteiger partial charge in [0.1, 0.15) is 12.0 Å². The van der Waals surface area contributed by atoms with E-state index in [0.717, 1.165) is 0 Å². The third kappa shape index (κ3) is 1.44. The van der Waals surface area contributed by atoms with Crippen molar-refractivity contribution in [2.75, 3.05) is 5.43 Å². The molecule has 0 amide bonds. The van der Waals surface area contributed by atoms with Crippen LogP contribution >= 0.6 is 0 Å². The molecule has 13 heavy (non-hydrogen) atoms. The van der Waals surface area contributed by atoms with Gasteiger partial charge in [-0.25, -0.2) is 15.8 Å². The van der Waals surface area contributed by atoms with Crippen LogP contribution < -0.4 is 11.3 Å². The standard InChI is InChI=1S/C6H6N6O/c7-11-6-10-5(12-13-6)4-1-2-8-3-9-4/h1-3H,7H2,(H,10,11,12). The van der Waals surface area contributed by atoms with Gasteiger partial charge >= 0.3 is 6.01 Å². The molecule has 0 bridgehead atoms. The average molecular weight is 178 g/mol. The predicted octanol–water partition coefficient (Wildman–Crippen LogP) is -0.188. The van der Waals surface area contributed by atoms with Crippen molar-refractivity contribution in [1.29, 1.82) is 0 Å². The van der Waals surface area contributed by atoms with Gasteiger partial charge in [-0.3, -0.25) is 5.43 Å². The van der Waals surface area contributed by atoms with Crippen molar-refractivity contribution in [3.8, 4) is 11.5 Å². The minimum Gasteiger partial charge on any atom is -0.314 e. The Morgan fingerprint density at radius 1 is 1.46 bits per heavy atom. The number of hydrazine groups is 1. The Labute approximate surface area is 73.0 Å². The highest BCUT2D eigenvalue weighted by Gasteiger charge is 2.07. The first kappa shape index (κ1) is 7.62. The van der Waals surface area contributed by atoms with E-state index in [1.165, 1.54) is 6.33 Å². The summed E-state index contributed by atoms with van der Waals surface area (Å²) in [6.07, 6.45) is 3.00. The van der Waals surface area contributed by atoms with Crippen molar-refractivity contribution < 1.29 is 4.52 Å². The SMILES string of the molecule is NNc1nc(-c2ccncn2)no1. The van der Waals surface area contributed by atoms with Crippen LogP contribution in [0.25, 0.3) is 11.5 Å². The molecule has 0 saturated heterocycles. The van der Waals surface area contributed by atoms with E-state index in [-0.39, 0.29) is 6.01 Å². The van der Waals surface area contributed by atoms with Crippen molar-refractivity contribution in [2.24, 2.45) is 5.84 Å². The number of anilines is 1. The van der Waals surface area contributed by atoms with Gasteiger partial charge in [0.2, 0.25) is 5.82 Å². The van der Waals surface area contributed by atoms with Crippen LogP contribution in [0.4, 0.5) is 6.01 Å². The summed E-state index contributed by atoms with van der Waals surface area (Å²) in [7, 11) is 0. The van der Waals surface area contributed by atoms with Gasteiger partial charge in [-0.05, 0) is 6.07 Å². The van der Waals surface area contributed by atoms with E-state index < -0.39 is 0 Å². The van der Waals surface area contributed by atoms with Crippen molar-refractivity contribution in [1.82, 2.24) is 20.1 Å². The number of nitrogens with two attached hydrogens (primary N) is 1. The van der Waals surface area contributed by atoms with Crippen LogP contribution in [0.2, 0.25) is 0 Å². The lowest BCUT2D eigenvalue weighted by Gasteiger charge is -1.88. The summed E-state index contributed by atoms with van der Waals surface area (Å²) in [5.41, 5.74) is 2.82. The smallest absolute Gasteiger partial charge is 0.314 e. The molecule has 2 heterocycles. The first-order valence-corrected chi connectivity index (χ1v) is 3.47. The second kappa shape index (κ2) is 3.15. The van der Waals surface area contributed by atoms with E-state index in [0.29, 0.717) is 11.5 Å². The van der Waals surface area contributed by atoms with Crippen molar-refractivity contribution in [3.05, 3.63) is 18.6 Å². The van der Waals surface area contributed by atoms with E-state index in [4.69, 9.17) is 10.4 Å². The van der Waals surface area contributed by atoms with Crippen LogP contribution in [-0.4, -0.2) is 20.1 Å². The molecule has 2 rings (SSSR count). The van der Waals surface area contributed by atoms with Gasteiger partial charge in [0.15, 0.2) is 0 Å². The van der Waals surface area contributed by atoms with Crippen molar-refractivity contribution >= 4 is 6.01 Å². The van der Waals surface area contributed by atoms with Crippen LogP contribution in [0.3, 0.4) is 0 Å². The fraction of sp³-hybridized carbons (Fsp3) is 0. The number of rotatable bonds is 2. The molecular weight excluding hydrogens is 172 g/mol. The van der Waals surface area contributed by atoms with Crippen molar-refractivity contribution in [2.45, 2.75) is 0 Å². The number of nitrogen functional groups attached to an aromatic ring is 1. The topological polar surface area (TPSA) is 103 Å². The summed E-state index contributed by atoms with van der Waals surface area (Å²) in [6.45, 7) is 0. The van der Waals surface area contributed by atoms with Crippen LogP contribution in [0.5, 0.6) is 0 Å². The van der Waals surface area contributed by atoms with Crippen LogP contribution in [0.1, 0.15) is 0 Å². The summed E-state index contributed by atoms with van der Waals surface area (Å²) < 4.78 is 4.71. The first-order chi connectivity index (χ1) is 6.40. The molecule has 3 N–H and O–H groups in total. The molecule has 0 atom stereocenters. The van der Waals surface area contributed by atoms with E-state index in [1.807, 2.05) is 0 Å². The molecule has 0 aliphatic carbocycles. The Balaban J connectivity index is 2.36. The maximum absolute atomic E-state index is 5.06. The number of nitrogens with zero attached hydrogens (tertiary/aromatic N) is 4. The zero-order valence-electron chi connectivity index (χ0n) is 6.51. The quantitative estimate of drug-likeness (QED) is 0.485. The third-order valence-electron chi connectivity index (χ3n) is 1.36. The molecule has 2 aromatic heterocycles. The molecule has 0 spiro atoms. The molecule has 0 aromatic carbocycles. The predicted molar refractivity (Wildman–Crippen MR) is 43.1 cm³/mol. The Morgan fingerprint density at radius 3 is 3.00 bits per heavy atom. The number of hydrogen-bond donors (Lipinski definition) is 2. The summed E-state index contributed by atoms with van der Waals surface area (Å²) in [4.78, 5) is 11.6. The zero-order valence-corrected chi connectivity index (χ0v) is 6.51. The van der Waals surface area contributed by atoms with Crippen LogP contribution in [-0.2, 0) is 0 Å². The minimum atomic E-state index is 0.147. The van der Waals surface area contributed by atoms with Gasteiger partial charge < -0.3 is 4.52 Å². The third-order valence-corrected chi connectivity index (χ3v) is 1.36. The Hall–Kier alpha value is -2.02. The summed E-state index contributed by atoms with van der Waals surface area (Å²) in [5, 5.41) is 3.64. The van der Waals surface area contributed by atoms with E-state index in [1.54, 1.807) is 12.3 Å². The lowest BCUT2D eigenvalue weighted by atomic mass is 10.4. The van der Waals surface area contributed by atoms with E-state index >= 15 is 0 Å². The second-order valence-electron chi connectivity index (χ2n) is 2.16. The number of nitrogens with one attached hydrogen (secondary N) is 1. The fourth-order valence-electron chi connectivity index (χ4n) is 0.809. The van der Waals surface area contributed by atoms with Crippen molar-refractivity contribution in [3.63, 3.8) is 0 Å². The highest BCUT2D eigenvalue weighted by Crippen LogP contribution is 2.12. The first-order valence-electron chi connectivity index (χ1n) is 3.47. The van der Waals surface area contributed by atoms with Gasteiger partial charge in [0.05, 0.1) is 0 Å². The van der Waals surface area contributed by atoms with Gasteiger partial charge in [0.25, 0.3) is 0 Å². The highest BCUT2D eigenvalue weighted by atomic mass is 16.5. The summed E-state index contributed by atoms with van der Waals surface area (Å²) in [6, 6.07) is 1.82. The summed E-state index contributed by atoms with van der Waals surface area (Å²) >= 11 is 0. The number of aromatic nitrogens is 4. The molecule has 0 fully saturated rings. The molecule has 0 aliphatic rings. The molecule has 7 nitrogen and oxygen atoms in total. The molecule has 7 heteroatoms. The molecule has 0 radical (unpaired) electrons. The van der Waals surface area contributed by atoms with E-state index in [2.05, 4.69) is 25.5 Å². The zero-order chi connectivity index (χ0) is 9.10. The van der Waals surface area contributed by atoms with Crippen LogP contribution in [0, 0.1) is 0 Å². The summed E-state index contributed by atoms with van der Waals surface area (Å²) in [5.74, 6) is 5.43. The maximum atomic E-state index is 5.06. The molecule has 2 aromatic rings. The Bertz CT molecular complexity index is 385. The maximum Gasteiger partial charge on any atom is 0.335 e. The monoisotopic (exact) mass is 178 g/mol. The molecule has 0 aliphatic heterocycles. The van der Waals surface area contributed by atoms with Gasteiger partial charge in [-0.15, -0.1) is 0 Å². The molecule has 0 unspecified atom stereocenters. The molecule has 66 valence electrons.